The summed E-state index contributed by atoms with van der Waals surface area (Å²) in [5.41, 5.74) is 5.33. The molecule has 1 unspecified atom stereocenters. The minimum absolute atomic E-state index is 0.00269. The van der Waals surface area contributed by atoms with E-state index in [0.29, 0.717) is 12.2 Å². The van der Waals surface area contributed by atoms with E-state index in [-0.39, 0.29) is 17.7 Å². The zero-order valence-electron chi connectivity index (χ0n) is 14.0. The van der Waals surface area contributed by atoms with E-state index in [4.69, 9.17) is 4.74 Å². The molecule has 1 aliphatic heterocycles. The van der Waals surface area contributed by atoms with Crippen molar-refractivity contribution in [1.82, 2.24) is 4.90 Å². The highest BCUT2D eigenvalue weighted by atomic mass is 16.5. The topological polar surface area (TPSA) is 49.8 Å². The van der Waals surface area contributed by atoms with Crippen molar-refractivity contribution in [1.29, 1.82) is 0 Å². The van der Waals surface area contributed by atoms with E-state index in [1.54, 1.807) is 7.11 Å². The predicted molar refractivity (Wildman–Crippen MR) is 92.2 cm³/mol. The molecule has 2 aromatic carbocycles. The molecule has 4 nitrogen and oxygen atoms in total. The van der Waals surface area contributed by atoms with Gasteiger partial charge in [-0.1, -0.05) is 31.2 Å². The Labute approximate surface area is 141 Å². The summed E-state index contributed by atoms with van der Waals surface area (Å²) in [7, 11) is 1.58. The van der Waals surface area contributed by atoms with Crippen LogP contribution < -0.4 is 4.74 Å². The van der Waals surface area contributed by atoms with Gasteiger partial charge in [0.15, 0.2) is 11.5 Å². The number of phenols is 1. The molecule has 0 saturated heterocycles. The maximum atomic E-state index is 12.4. The predicted octanol–water partition coefficient (Wildman–Crippen LogP) is 3.46. The Morgan fingerprint density at radius 2 is 2.12 bits per heavy atom. The van der Waals surface area contributed by atoms with Crippen LogP contribution in [0.1, 0.15) is 36.1 Å². The number of aromatic hydroxyl groups is 1. The van der Waals surface area contributed by atoms with E-state index in [2.05, 4.69) is 6.07 Å². The second-order valence-electron chi connectivity index (χ2n) is 6.44. The summed E-state index contributed by atoms with van der Waals surface area (Å²) in [6.07, 6.45) is 2.10. The molecular weight excluding hydrogens is 302 g/mol. The molecule has 4 rings (SSSR count). The molecule has 2 aliphatic rings. The van der Waals surface area contributed by atoms with Crippen LogP contribution in [-0.4, -0.2) is 29.6 Å². The fourth-order valence-electron chi connectivity index (χ4n) is 4.15. The van der Waals surface area contributed by atoms with Crippen LogP contribution in [0, 0.1) is 0 Å². The van der Waals surface area contributed by atoms with Crippen LogP contribution in [0.15, 0.2) is 30.3 Å². The lowest BCUT2D eigenvalue weighted by Gasteiger charge is -2.42. The monoisotopic (exact) mass is 323 g/mol. The molecule has 0 fully saturated rings. The van der Waals surface area contributed by atoms with E-state index in [9.17, 15) is 9.90 Å². The lowest BCUT2D eigenvalue weighted by atomic mass is 9.76. The van der Waals surface area contributed by atoms with E-state index < -0.39 is 0 Å². The third-order valence-electron chi connectivity index (χ3n) is 5.26. The first-order chi connectivity index (χ1) is 11.7. The summed E-state index contributed by atoms with van der Waals surface area (Å²) in [5.74, 6) is 0.861. The average molecular weight is 323 g/mol. The lowest BCUT2D eigenvalue weighted by Crippen LogP contribution is -2.42. The molecule has 124 valence electrons. The molecule has 24 heavy (non-hydrogen) atoms. The molecular formula is C20H21NO3. The Morgan fingerprint density at radius 1 is 1.33 bits per heavy atom. The van der Waals surface area contributed by atoms with Crippen molar-refractivity contribution in [2.45, 2.75) is 32.2 Å². The maximum Gasteiger partial charge on any atom is 0.222 e. The number of methoxy groups -OCH3 is 1. The largest absolute Gasteiger partial charge is 0.504 e. The van der Waals surface area contributed by atoms with Gasteiger partial charge in [0.05, 0.1) is 13.2 Å². The van der Waals surface area contributed by atoms with Crippen molar-refractivity contribution in [3.05, 3.63) is 47.0 Å². The van der Waals surface area contributed by atoms with E-state index in [1.165, 1.54) is 11.1 Å². The Kier molecular flexibility index (Phi) is 3.48. The standard InChI is InChI=1S/C20H21NO3/c1-3-17(22)21-9-8-13-11-16(24-2)20(23)19-14-7-5-4-6-12(14)10-15(21)18(13)19/h4-7,11,15,23H,3,8-10H2,1-2H3. The van der Waals surface area contributed by atoms with Crippen LogP contribution in [0.25, 0.3) is 11.1 Å². The number of hydrogen-bond acceptors (Lipinski definition) is 3. The number of fused-ring (bicyclic) bond motifs is 2. The average Bonchev–Trinajstić information content (AvgIpc) is 2.62. The third kappa shape index (κ3) is 2.02. The number of hydrogen-bond donors (Lipinski definition) is 1. The number of amides is 1. The molecule has 1 N–H and O–H groups in total. The summed E-state index contributed by atoms with van der Waals surface area (Å²) < 4.78 is 5.39. The fraction of sp³-hybridized carbons (Fsp3) is 0.350. The molecule has 0 spiro atoms. The van der Waals surface area contributed by atoms with Gasteiger partial charge in [0.2, 0.25) is 5.91 Å². The van der Waals surface area contributed by atoms with Gasteiger partial charge in [-0.25, -0.2) is 0 Å². The highest BCUT2D eigenvalue weighted by molar-refractivity contribution is 5.85. The smallest absolute Gasteiger partial charge is 0.222 e. The first-order valence-electron chi connectivity index (χ1n) is 8.46. The Hall–Kier alpha value is -2.49. The second kappa shape index (κ2) is 5.55. The normalized spacial score (nSPS) is 17.9. The molecule has 2 aromatic rings. The zero-order chi connectivity index (χ0) is 16.8. The number of carbonyl (C=O) groups excluding carboxylic acids is 1. The lowest BCUT2D eigenvalue weighted by molar-refractivity contribution is -0.133. The summed E-state index contributed by atoms with van der Waals surface area (Å²) in [6, 6.07) is 10.1. The van der Waals surface area contributed by atoms with Crippen LogP contribution in [0.3, 0.4) is 0 Å². The van der Waals surface area contributed by atoms with Crippen LogP contribution in [0.2, 0.25) is 0 Å². The molecule has 0 saturated carbocycles. The van der Waals surface area contributed by atoms with Gasteiger partial charge in [-0.3, -0.25) is 4.79 Å². The molecule has 1 atom stereocenters. The van der Waals surface area contributed by atoms with Crippen molar-refractivity contribution >= 4 is 5.91 Å². The summed E-state index contributed by atoms with van der Waals surface area (Å²) in [5, 5.41) is 10.8. The maximum absolute atomic E-state index is 12.4. The van der Waals surface area contributed by atoms with Crippen molar-refractivity contribution in [3.8, 4) is 22.6 Å². The fourth-order valence-corrected chi connectivity index (χ4v) is 4.15. The second-order valence-corrected chi connectivity index (χ2v) is 6.44. The number of nitrogens with zero attached hydrogens (tertiary/aromatic N) is 1. The molecule has 1 aliphatic carbocycles. The van der Waals surface area contributed by atoms with E-state index in [1.807, 2.05) is 36.1 Å². The minimum atomic E-state index is 0.00269. The summed E-state index contributed by atoms with van der Waals surface area (Å²) >= 11 is 0. The number of ether oxygens (including phenoxy) is 1. The first-order valence-corrected chi connectivity index (χ1v) is 8.46. The molecule has 1 heterocycles. The van der Waals surface area contributed by atoms with Gasteiger partial charge in [-0.15, -0.1) is 0 Å². The van der Waals surface area contributed by atoms with Crippen molar-refractivity contribution in [3.63, 3.8) is 0 Å². The number of benzene rings is 2. The highest BCUT2D eigenvalue weighted by Crippen LogP contribution is 2.52. The van der Waals surface area contributed by atoms with Crippen LogP contribution >= 0.6 is 0 Å². The Morgan fingerprint density at radius 3 is 2.88 bits per heavy atom. The minimum Gasteiger partial charge on any atom is -0.504 e. The SMILES string of the molecule is CCC(=O)N1CCc2cc(OC)c(O)c3c2C1Cc1ccccc1-3. The third-order valence-corrected chi connectivity index (χ3v) is 5.26. The Balaban J connectivity index is 2.00. The van der Waals surface area contributed by atoms with Crippen molar-refractivity contribution in [2.24, 2.45) is 0 Å². The van der Waals surface area contributed by atoms with Crippen LogP contribution in [-0.2, 0) is 17.6 Å². The van der Waals surface area contributed by atoms with E-state index in [0.717, 1.165) is 36.1 Å². The van der Waals surface area contributed by atoms with E-state index >= 15 is 0 Å². The van der Waals surface area contributed by atoms with Gasteiger partial charge in [-0.2, -0.15) is 0 Å². The highest BCUT2D eigenvalue weighted by Gasteiger charge is 2.38. The molecule has 0 radical (unpaired) electrons. The van der Waals surface area contributed by atoms with Crippen LogP contribution in [0.4, 0.5) is 0 Å². The number of carbonyl (C=O) groups is 1. The van der Waals surface area contributed by atoms with Gasteiger partial charge >= 0.3 is 0 Å². The van der Waals surface area contributed by atoms with Gasteiger partial charge in [0.25, 0.3) is 0 Å². The molecule has 1 amide bonds. The van der Waals surface area contributed by atoms with Crippen molar-refractivity contribution in [2.75, 3.05) is 13.7 Å². The number of rotatable bonds is 2. The molecule has 0 aromatic heterocycles. The van der Waals surface area contributed by atoms with Crippen LogP contribution in [0.5, 0.6) is 11.5 Å². The molecule has 4 heteroatoms. The van der Waals surface area contributed by atoms with Gasteiger partial charge in [0.1, 0.15) is 0 Å². The summed E-state index contributed by atoms with van der Waals surface area (Å²) in [4.78, 5) is 14.4. The van der Waals surface area contributed by atoms with Gasteiger partial charge in [-0.05, 0) is 41.2 Å². The Bertz CT molecular complexity index is 828. The summed E-state index contributed by atoms with van der Waals surface area (Å²) in [6.45, 7) is 2.63. The number of phenolic OH excluding ortho intramolecular Hbond substituents is 1. The molecule has 0 bridgehead atoms. The quantitative estimate of drug-likeness (QED) is 0.921. The van der Waals surface area contributed by atoms with Gasteiger partial charge in [0, 0.05) is 18.5 Å². The zero-order valence-corrected chi connectivity index (χ0v) is 14.0. The van der Waals surface area contributed by atoms with Crippen molar-refractivity contribution < 1.29 is 14.6 Å². The first kappa shape index (κ1) is 15.1. The van der Waals surface area contributed by atoms with Gasteiger partial charge < -0.3 is 14.7 Å².